The maximum Gasteiger partial charge on any atom is 0.337 e. The Morgan fingerprint density at radius 1 is 1.30 bits per heavy atom. The lowest BCUT2D eigenvalue weighted by Crippen LogP contribution is -2.41. The zero-order valence-electron chi connectivity index (χ0n) is 12.7. The molecule has 0 unspecified atom stereocenters. The standard InChI is InChI=1S/C14H26ClNO4/c1-4-14(19,13(18)20-3)9-8-12(17)16(5-2)11-7-6-10-15/h19H,4-11H2,1-3H3/t14-/m0/s1. The lowest BCUT2D eigenvalue weighted by Gasteiger charge is -2.26. The van der Waals surface area contributed by atoms with E-state index in [1.54, 1.807) is 11.8 Å². The molecule has 0 aromatic rings. The SMILES string of the molecule is CCN(CCCCCl)C(=O)CC[C@@](O)(CC)C(=O)OC. The summed E-state index contributed by atoms with van der Waals surface area (Å²) >= 11 is 5.61. The fraction of sp³-hybridized carbons (Fsp3) is 0.857. The summed E-state index contributed by atoms with van der Waals surface area (Å²) in [6, 6.07) is 0. The van der Waals surface area contributed by atoms with Gasteiger partial charge in [-0.25, -0.2) is 4.79 Å². The molecule has 1 N–H and O–H groups in total. The number of esters is 1. The van der Waals surface area contributed by atoms with Crippen molar-refractivity contribution in [1.29, 1.82) is 0 Å². The summed E-state index contributed by atoms with van der Waals surface area (Å²) in [5, 5.41) is 10.1. The molecule has 1 amide bonds. The van der Waals surface area contributed by atoms with Gasteiger partial charge in [-0.1, -0.05) is 6.92 Å². The van der Waals surface area contributed by atoms with E-state index in [1.807, 2.05) is 6.92 Å². The quantitative estimate of drug-likeness (QED) is 0.380. The molecule has 0 aliphatic carbocycles. The van der Waals surface area contributed by atoms with Crippen LogP contribution in [-0.4, -0.2) is 53.6 Å². The van der Waals surface area contributed by atoms with Gasteiger partial charge in [-0.05, 0) is 32.6 Å². The molecule has 20 heavy (non-hydrogen) atoms. The Labute approximate surface area is 126 Å². The molecule has 0 saturated carbocycles. The van der Waals surface area contributed by atoms with Crippen LogP contribution in [0.5, 0.6) is 0 Å². The van der Waals surface area contributed by atoms with Crippen molar-refractivity contribution in [3.63, 3.8) is 0 Å². The number of ether oxygens (including phenoxy) is 1. The van der Waals surface area contributed by atoms with Gasteiger partial charge in [0.2, 0.25) is 5.91 Å². The molecular formula is C14H26ClNO4. The molecule has 0 aromatic heterocycles. The molecule has 0 aromatic carbocycles. The van der Waals surface area contributed by atoms with E-state index in [0.717, 1.165) is 12.8 Å². The van der Waals surface area contributed by atoms with Crippen molar-refractivity contribution in [3.05, 3.63) is 0 Å². The highest BCUT2D eigenvalue weighted by atomic mass is 35.5. The van der Waals surface area contributed by atoms with Crippen LogP contribution in [0.2, 0.25) is 0 Å². The molecule has 0 radical (unpaired) electrons. The fourth-order valence-corrected chi connectivity index (χ4v) is 2.13. The summed E-state index contributed by atoms with van der Waals surface area (Å²) in [4.78, 5) is 25.3. The number of carbonyl (C=O) groups excluding carboxylic acids is 2. The van der Waals surface area contributed by atoms with Gasteiger partial charge in [-0.15, -0.1) is 11.6 Å². The molecular weight excluding hydrogens is 282 g/mol. The zero-order chi connectivity index (χ0) is 15.6. The second-order valence-electron chi connectivity index (χ2n) is 4.75. The predicted molar refractivity (Wildman–Crippen MR) is 78.7 cm³/mol. The van der Waals surface area contributed by atoms with Crippen molar-refractivity contribution >= 4 is 23.5 Å². The van der Waals surface area contributed by atoms with Gasteiger partial charge in [-0.2, -0.15) is 0 Å². The molecule has 118 valence electrons. The first-order valence-electron chi connectivity index (χ1n) is 7.09. The zero-order valence-corrected chi connectivity index (χ0v) is 13.4. The van der Waals surface area contributed by atoms with E-state index < -0.39 is 11.6 Å². The summed E-state index contributed by atoms with van der Waals surface area (Å²) in [6.07, 6.45) is 2.17. The van der Waals surface area contributed by atoms with Gasteiger partial charge in [0.15, 0.2) is 5.60 Å². The van der Waals surface area contributed by atoms with Crippen LogP contribution < -0.4 is 0 Å². The fourth-order valence-electron chi connectivity index (χ4n) is 1.94. The molecule has 0 spiro atoms. The topological polar surface area (TPSA) is 66.8 Å². The number of nitrogens with zero attached hydrogens (tertiary/aromatic N) is 1. The van der Waals surface area contributed by atoms with E-state index >= 15 is 0 Å². The number of halogens is 1. The average molecular weight is 308 g/mol. The molecule has 5 nitrogen and oxygen atoms in total. The smallest absolute Gasteiger partial charge is 0.337 e. The Kier molecular flexibility index (Phi) is 9.59. The van der Waals surface area contributed by atoms with E-state index in [2.05, 4.69) is 4.74 Å². The monoisotopic (exact) mass is 307 g/mol. The average Bonchev–Trinajstić information content (AvgIpc) is 2.48. The van der Waals surface area contributed by atoms with Crippen LogP contribution in [0.25, 0.3) is 0 Å². The van der Waals surface area contributed by atoms with E-state index in [4.69, 9.17) is 11.6 Å². The van der Waals surface area contributed by atoms with E-state index in [-0.39, 0.29) is 25.2 Å². The summed E-state index contributed by atoms with van der Waals surface area (Å²) in [5.74, 6) is -0.153. The van der Waals surface area contributed by atoms with Gasteiger partial charge in [-0.3, -0.25) is 4.79 Å². The Hall–Kier alpha value is -0.810. The van der Waals surface area contributed by atoms with Crippen molar-refractivity contribution in [1.82, 2.24) is 4.90 Å². The number of aliphatic hydroxyl groups is 1. The first kappa shape index (κ1) is 19.2. The van der Waals surface area contributed by atoms with E-state index in [0.29, 0.717) is 19.0 Å². The van der Waals surface area contributed by atoms with Crippen molar-refractivity contribution < 1.29 is 19.4 Å². The molecule has 0 aliphatic rings. The summed E-state index contributed by atoms with van der Waals surface area (Å²) in [7, 11) is 1.23. The highest BCUT2D eigenvalue weighted by Crippen LogP contribution is 2.20. The summed E-state index contributed by atoms with van der Waals surface area (Å²) < 4.78 is 4.58. The number of hydrogen-bond donors (Lipinski definition) is 1. The number of carbonyl (C=O) groups is 2. The lowest BCUT2D eigenvalue weighted by atomic mass is 9.94. The number of hydrogen-bond acceptors (Lipinski definition) is 4. The number of rotatable bonds is 10. The largest absolute Gasteiger partial charge is 0.467 e. The van der Waals surface area contributed by atoms with E-state index in [1.165, 1.54) is 7.11 Å². The van der Waals surface area contributed by atoms with Gasteiger partial charge in [0.25, 0.3) is 0 Å². The first-order valence-corrected chi connectivity index (χ1v) is 7.63. The van der Waals surface area contributed by atoms with Gasteiger partial charge >= 0.3 is 5.97 Å². The van der Waals surface area contributed by atoms with Gasteiger partial charge in [0.05, 0.1) is 7.11 Å². The first-order chi connectivity index (χ1) is 9.45. The minimum atomic E-state index is -1.57. The van der Waals surface area contributed by atoms with Crippen molar-refractivity contribution in [2.75, 3.05) is 26.1 Å². The Morgan fingerprint density at radius 3 is 2.40 bits per heavy atom. The van der Waals surface area contributed by atoms with Crippen LogP contribution >= 0.6 is 11.6 Å². The Morgan fingerprint density at radius 2 is 1.95 bits per heavy atom. The van der Waals surface area contributed by atoms with Crippen molar-refractivity contribution in [3.8, 4) is 0 Å². The van der Waals surface area contributed by atoms with Crippen LogP contribution in [0.4, 0.5) is 0 Å². The number of methoxy groups -OCH3 is 1. The van der Waals surface area contributed by atoms with E-state index in [9.17, 15) is 14.7 Å². The predicted octanol–water partition coefficient (Wildman–Crippen LogP) is 1.95. The highest BCUT2D eigenvalue weighted by molar-refractivity contribution is 6.17. The normalized spacial score (nSPS) is 13.7. The second-order valence-corrected chi connectivity index (χ2v) is 5.12. The molecule has 0 fully saturated rings. The molecule has 0 saturated heterocycles. The van der Waals surface area contributed by atoms with Crippen LogP contribution in [-0.2, 0) is 14.3 Å². The third kappa shape index (κ3) is 6.09. The van der Waals surface area contributed by atoms with Crippen LogP contribution in [0, 0.1) is 0 Å². The Balaban J connectivity index is 4.39. The molecule has 0 aliphatic heterocycles. The maximum absolute atomic E-state index is 12.1. The second kappa shape index (κ2) is 10.00. The number of amides is 1. The molecule has 0 rings (SSSR count). The Bertz CT molecular complexity index is 312. The van der Waals surface area contributed by atoms with Crippen molar-refractivity contribution in [2.45, 2.75) is 51.6 Å². The minimum Gasteiger partial charge on any atom is -0.467 e. The highest BCUT2D eigenvalue weighted by Gasteiger charge is 2.35. The third-order valence-electron chi connectivity index (χ3n) is 3.45. The van der Waals surface area contributed by atoms with Crippen LogP contribution in [0.1, 0.15) is 46.0 Å². The van der Waals surface area contributed by atoms with Crippen LogP contribution in [0.15, 0.2) is 0 Å². The van der Waals surface area contributed by atoms with Gasteiger partial charge in [0.1, 0.15) is 0 Å². The van der Waals surface area contributed by atoms with Crippen molar-refractivity contribution in [2.24, 2.45) is 0 Å². The molecule has 0 heterocycles. The van der Waals surface area contributed by atoms with Gasteiger partial charge < -0.3 is 14.7 Å². The third-order valence-corrected chi connectivity index (χ3v) is 3.72. The molecule has 1 atom stereocenters. The molecule has 0 bridgehead atoms. The summed E-state index contributed by atoms with van der Waals surface area (Å²) in [5.41, 5.74) is -1.57. The summed E-state index contributed by atoms with van der Waals surface area (Å²) in [6.45, 7) is 4.87. The number of unbranched alkanes of at least 4 members (excludes halogenated alkanes) is 1. The minimum absolute atomic E-state index is 0.0575. The molecule has 6 heteroatoms. The van der Waals surface area contributed by atoms with Crippen LogP contribution in [0.3, 0.4) is 0 Å². The lowest BCUT2D eigenvalue weighted by molar-refractivity contribution is -0.164. The number of alkyl halides is 1. The maximum atomic E-state index is 12.1. The van der Waals surface area contributed by atoms with Gasteiger partial charge in [0, 0.05) is 25.4 Å².